The first-order valence-corrected chi connectivity index (χ1v) is 6.59. The predicted octanol–water partition coefficient (Wildman–Crippen LogP) is 2.49. The summed E-state index contributed by atoms with van der Waals surface area (Å²) in [6, 6.07) is 8.96. The van der Waals surface area contributed by atoms with Crippen LogP contribution in [0.4, 0.5) is 0 Å². The molecule has 5 nitrogen and oxygen atoms in total. The lowest BCUT2D eigenvalue weighted by atomic mass is 10.1. The first-order valence-electron chi connectivity index (χ1n) is 6.22. The lowest BCUT2D eigenvalue weighted by molar-refractivity contribution is 0.0900. The van der Waals surface area contributed by atoms with Gasteiger partial charge in [0.15, 0.2) is 0 Å². The Hall–Kier alpha value is -1.85. The number of methoxy groups -OCH3 is 1. The van der Waals surface area contributed by atoms with E-state index in [9.17, 15) is 4.79 Å². The molecule has 1 unspecified atom stereocenters. The van der Waals surface area contributed by atoms with Crippen LogP contribution in [0, 0.1) is 0 Å². The van der Waals surface area contributed by atoms with E-state index in [-0.39, 0.29) is 11.9 Å². The van der Waals surface area contributed by atoms with Gasteiger partial charge in [-0.05, 0) is 19.1 Å². The molecule has 2 aromatic rings. The second-order valence-corrected chi connectivity index (χ2v) is 4.88. The summed E-state index contributed by atoms with van der Waals surface area (Å²) in [4.78, 5) is 12.0. The summed E-state index contributed by atoms with van der Waals surface area (Å²) >= 11 is 6.10. The normalized spacial score (nSPS) is 12.2. The molecule has 1 aromatic heterocycles. The molecule has 1 aromatic carbocycles. The van der Waals surface area contributed by atoms with Crippen molar-refractivity contribution in [2.45, 2.75) is 13.0 Å². The van der Waals surface area contributed by atoms with E-state index >= 15 is 0 Å². The molecule has 0 aliphatic rings. The van der Waals surface area contributed by atoms with Gasteiger partial charge >= 0.3 is 0 Å². The van der Waals surface area contributed by atoms with Gasteiger partial charge in [-0.15, -0.1) is 0 Å². The molecule has 1 heterocycles. The lowest BCUT2D eigenvalue weighted by Crippen LogP contribution is -2.35. The van der Waals surface area contributed by atoms with Crippen LogP contribution in [0.5, 0.6) is 0 Å². The Morgan fingerprint density at radius 1 is 1.50 bits per heavy atom. The van der Waals surface area contributed by atoms with Gasteiger partial charge in [0.25, 0.3) is 5.91 Å². The Labute approximate surface area is 122 Å². The maximum Gasteiger partial charge on any atom is 0.269 e. The second kappa shape index (κ2) is 6.54. The molecule has 0 saturated heterocycles. The molecule has 0 aliphatic carbocycles. The van der Waals surface area contributed by atoms with E-state index in [1.54, 1.807) is 19.2 Å². The molecule has 2 N–H and O–H groups in total. The van der Waals surface area contributed by atoms with E-state index < -0.39 is 0 Å². The Kier molecular flexibility index (Phi) is 4.76. The summed E-state index contributed by atoms with van der Waals surface area (Å²) in [5, 5.41) is 10.2. The fraction of sp³-hybridized carbons (Fsp3) is 0.286. The third-order valence-electron chi connectivity index (χ3n) is 2.77. The minimum absolute atomic E-state index is 0.0698. The first kappa shape index (κ1) is 14.6. The van der Waals surface area contributed by atoms with Crippen molar-refractivity contribution in [3.63, 3.8) is 0 Å². The Bertz CT molecular complexity index is 598. The van der Waals surface area contributed by atoms with Crippen molar-refractivity contribution in [2.75, 3.05) is 13.7 Å². The molecular weight excluding hydrogens is 278 g/mol. The molecule has 20 heavy (non-hydrogen) atoms. The van der Waals surface area contributed by atoms with Gasteiger partial charge in [0.05, 0.1) is 17.3 Å². The van der Waals surface area contributed by atoms with E-state index in [1.165, 1.54) is 0 Å². The Morgan fingerprint density at radius 3 is 2.95 bits per heavy atom. The van der Waals surface area contributed by atoms with Gasteiger partial charge in [-0.1, -0.05) is 29.8 Å². The van der Waals surface area contributed by atoms with E-state index in [2.05, 4.69) is 15.5 Å². The fourth-order valence-electron chi connectivity index (χ4n) is 1.84. The number of amides is 1. The molecule has 0 fully saturated rings. The highest BCUT2D eigenvalue weighted by Crippen LogP contribution is 2.26. The third-order valence-corrected chi connectivity index (χ3v) is 3.10. The molecule has 0 spiro atoms. The number of H-pyrrole nitrogens is 1. The zero-order valence-electron chi connectivity index (χ0n) is 11.3. The van der Waals surface area contributed by atoms with Gasteiger partial charge in [0.1, 0.15) is 5.69 Å². The molecular formula is C14H16ClN3O2. The summed E-state index contributed by atoms with van der Waals surface area (Å²) < 4.78 is 4.97. The molecule has 6 heteroatoms. The van der Waals surface area contributed by atoms with Crippen LogP contribution in [0.1, 0.15) is 17.4 Å². The zero-order valence-corrected chi connectivity index (χ0v) is 12.1. The number of aromatic nitrogens is 2. The number of benzene rings is 1. The summed E-state index contributed by atoms with van der Waals surface area (Å²) in [6.07, 6.45) is 0. The van der Waals surface area contributed by atoms with Crippen molar-refractivity contribution < 1.29 is 9.53 Å². The second-order valence-electron chi connectivity index (χ2n) is 4.48. The summed E-state index contributed by atoms with van der Waals surface area (Å²) in [7, 11) is 1.59. The van der Waals surface area contributed by atoms with Crippen molar-refractivity contribution in [1.82, 2.24) is 15.5 Å². The third kappa shape index (κ3) is 3.37. The summed E-state index contributed by atoms with van der Waals surface area (Å²) in [5.41, 5.74) is 1.82. The zero-order chi connectivity index (χ0) is 14.5. The number of aromatic amines is 1. The van der Waals surface area contributed by atoms with Crippen molar-refractivity contribution in [3.05, 3.63) is 41.0 Å². The maximum absolute atomic E-state index is 12.0. The first-order chi connectivity index (χ1) is 9.61. The average molecular weight is 294 g/mol. The minimum Gasteiger partial charge on any atom is -0.383 e. The molecule has 0 saturated carbocycles. The number of hydrogen-bond donors (Lipinski definition) is 2. The monoisotopic (exact) mass is 293 g/mol. The van der Waals surface area contributed by atoms with Crippen molar-refractivity contribution >= 4 is 17.5 Å². The minimum atomic E-state index is -0.222. The summed E-state index contributed by atoms with van der Waals surface area (Å²) in [5.74, 6) is -0.222. The van der Waals surface area contributed by atoms with Gasteiger partial charge in [0.2, 0.25) is 0 Å². The van der Waals surface area contributed by atoms with Crippen LogP contribution >= 0.6 is 11.6 Å². The van der Waals surface area contributed by atoms with Crippen LogP contribution < -0.4 is 5.32 Å². The van der Waals surface area contributed by atoms with Crippen LogP contribution in [-0.2, 0) is 4.74 Å². The number of halogens is 1. The highest BCUT2D eigenvalue weighted by atomic mass is 35.5. The Morgan fingerprint density at radius 2 is 2.25 bits per heavy atom. The van der Waals surface area contributed by atoms with Crippen LogP contribution in [0.2, 0.25) is 5.02 Å². The number of rotatable bonds is 5. The molecule has 0 radical (unpaired) electrons. The number of carbonyl (C=O) groups is 1. The van der Waals surface area contributed by atoms with E-state index in [4.69, 9.17) is 16.3 Å². The molecule has 2 rings (SSSR count). The van der Waals surface area contributed by atoms with E-state index in [0.29, 0.717) is 23.0 Å². The molecule has 0 aliphatic heterocycles. The van der Waals surface area contributed by atoms with Gasteiger partial charge in [0, 0.05) is 18.7 Å². The lowest BCUT2D eigenvalue weighted by Gasteiger charge is -2.11. The number of carbonyl (C=O) groups excluding carboxylic acids is 1. The van der Waals surface area contributed by atoms with Crippen molar-refractivity contribution in [1.29, 1.82) is 0 Å². The van der Waals surface area contributed by atoms with Gasteiger partial charge in [-0.2, -0.15) is 5.10 Å². The van der Waals surface area contributed by atoms with Crippen LogP contribution in [0.15, 0.2) is 30.3 Å². The smallest absolute Gasteiger partial charge is 0.269 e. The van der Waals surface area contributed by atoms with E-state index in [1.807, 2.05) is 25.1 Å². The van der Waals surface area contributed by atoms with Gasteiger partial charge in [-0.3, -0.25) is 9.89 Å². The average Bonchev–Trinajstić information content (AvgIpc) is 2.89. The van der Waals surface area contributed by atoms with Crippen LogP contribution in [0.3, 0.4) is 0 Å². The van der Waals surface area contributed by atoms with Crippen molar-refractivity contribution in [3.8, 4) is 11.3 Å². The molecule has 106 valence electrons. The van der Waals surface area contributed by atoms with Crippen LogP contribution in [0.25, 0.3) is 11.3 Å². The SMILES string of the molecule is COCC(C)NC(=O)c1cc(-c2ccccc2Cl)n[nH]1. The largest absolute Gasteiger partial charge is 0.383 e. The standard InChI is InChI=1S/C14H16ClN3O2/c1-9(8-20-2)16-14(19)13-7-12(17-18-13)10-5-3-4-6-11(10)15/h3-7,9H,8H2,1-2H3,(H,16,19)(H,17,18). The highest BCUT2D eigenvalue weighted by molar-refractivity contribution is 6.33. The fourth-order valence-corrected chi connectivity index (χ4v) is 2.07. The van der Waals surface area contributed by atoms with Gasteiger partial charge < -0.3 is 10.1 Å². The molecule has 0 bridgehead atoms. The Balaban J connectivity index is 2.13. The number of nitrogens with zero attached hydrogens (tertiary/aromatic N) is 1. The highest BCUT2D eigenvalue weighted by Gasteiger charge is 2.14. The summed E-state index contributed by atoms with van der Waals surface area (Å²) in [6.45, 7) is 2.32. The number of ether oxygens (including phenoxy) is 1. The quantitative estimate of drug-likeness (QED) is 0.890. The predicted molar refractivity (Wildman–Crippen MR) is 77.8 cm³/mol. The number of nitrogens with one attached hydrogen (secondary N) is 2. The number of hydrogen-bond acceptors (Lipinski definition) is 3. The van der Waals surface area contributed by atoms with Gasteiger partial charge in [-0.25, -0.2) is 0 Å². The van der Waals surface area contributed by atoms with Crippen molar-refractivity contribution in [2.24, 2.45) is 0 Å². The van der Waals surface area contributed by atoms with Crippen LogP contribution in [-0.4, -0.2) is 35.9 Å². The van der Waals surface area contributed by atoms with E-state index in [0.717, 1.165) is 5.56 Å². The topological polar surface area (TPSA) is 67.0 Å². The maximum atomic E-state index is 12.0. The molecule has 1 amide bonds. The molecule has 1 atom stereocenters.